The van der Waals surface area contributed by atoms with Gasteiger partial charge in [-0.3, -0.25) is 0 Å². The Morgan fingerprint density at radius 1 is 0.833 bits per heavy atom. The summed E-state index contributed by atoms with van der Waals surface area (Å²) in [6.45, 7) is 11.9. The molecule has 0 saturated heterocycles. The van der Waals surface area contributed by atoms with Crippen molar-refractivity contribution < 1.29 is 0 Å². The minimum absolute atomic E-state index is 1.14. The average molecular weight is 267 g/mol. The van der Waals surface area contributed by atoms with Gasteiger partial charge in [-0.15, -0.1) is 0 Å². The SMILES string of the molecule is CCCC/C=C(/C=C/CCCCCC)[Si](C)(C)C. The number of hydrogen-bond acceptors (Lipinski definition) is 0. The van der Waals surface area contributed by atoms with Gasteiger partial charge in [0.15, 0.2) is 0 Å². The third kappa shape index (κ3) is 9.70. The van der Waals surface area contributed by atoms with Crippen LogP contribution in [0.15, 0.2) is 23.4 Å². The van der Waals surface area contributed by atoms with E-state index in [1.807, 2.05) is 0 Å². The van der Waals surface area contributed by atoms with Crippen molar-refractivity contribution in [3.63, 3.8) is 0 Å². The Kier molecular flexibility index (Phi) is 10.4. The summed E-state index contributed by atoms with van der Waals surface area (Å²) in [6.07, 6.45) is 18.0. The van der Waals surface area contributed by atoms with Crippen molar-refractivity contribution in [3.05, 3.63) is 23.4 Å². The highest BCUT2D eigenvalue weighted by Gasteiger charge is 2.16. The lowest BCUT2D eigenvalue weighted by atomic mass is 10.1. The highest BCUT2D eigenvalue weighted by atomic mass is 28.3. The van der Waals surface area contributed by atoms with Crippen molar-refractivity contribution in [2.45, 2.75) is 84.9 Å². The lowest BCUT2D eigenvalue weighted by Gasteiger charge is -2.18. The third-order valence-electron chi connectivity index (χ3n) is 3.31. The molecular formula is C17H34Si. The monoisotopic (exact) mass is 266 g/mol. The molecular weight excluding hydrogens is 232 g/mol. The average Bonchev–Trinajstić information content (AvgIpc) is 2.30. The maximum absolute atomic E-state index is 2.50. The second-order valence-corrected chi connectivity index (χ2v) is 11.4. The molecule has 0 bridgehead atoms. The second kappa shape index (κ2) is 10.6. The van der Waals surface area contributed by atoms with E-state index in [0.717, 1.165) is 0 Å². The van der Waals surface area contributed by atoms with E-state index in [1.165, 1.54) is 51.4 Å². The standard InChI is InChI=1S/C17H34Si/c1-6-8-10-11-12-14-16-17(18(3,4)5)15-13-9-7-2/h14-16H,6-13H2,1-5H3/b16-14+,17-15-. The van der Waals surface area contributed by atoms with Gasteiger partial charge in [0.2, 0.25) is 0 Å². The van der Waals surface area contributed by atoms with Crippen LogP contribution in [0.1, 0.15) is 65.2 Å². The molecule has 0 N–H and O–H groups in total. The van der Waals surface area contributed by atoms with E-state index in [-0.39, 0.29) is 0 Å². The molecule has 0 unspecified atom stereocenters. The van der Waals surface area contributed by atoms with Gasteiger partial charge in [0, 0.05) is 0 Å². The van der Waals surface area contributed by atoms with E-state index in [1.54, 1.807) is 5.20 Å². The maximum atomic E-state index is 2.50. The zero-order valence-electron chi connectivity index (χ0n) is 13.4. The summed E-state index contributed by atoms with van der Waals surface area (Å²) in [4.78, 5) is 0. The molecule has 0 aromatic rings. The topological polar surface area (TPSA) is 0 Å². The van der Waals surface area contributed by atoms with E-state index in [4.69, 9.17) is 0 Å². The van der Waals surface area contributed by atoms with Crippen molar-refractivity contribution in [1.82, 2.24) is 0 Å². The van der Waals surface area contributed by atoms with Crippen LogP contribution in [0.2, 0.25) is 19.6 Å². The van der Waals surface area contributed by atoms with Gasteiger partial charge in [0.1, 0.15) is 0 Å². The Morgan fingerprint density at radius 3 is 2.06 bits per heavy atom. The summed E-state index contributed by atoms with van der Waals surface area (Å²) < 4.78 is 0. The number of rotatable bonds is 10. The molecule has 0 spiro atoms. The summed E-state index contributed by atoms with van der Waals surface area (Å²) in [5, 5.41) is 1.64. The van der Waals surface area contributed by atoms with Crippen molar-refractivity contribution in [3.8, 4) is 0 Å². The van der Waals surface area contributed by atoms with E-state index < -0.39 is 8.07 Å². The second-order valence-electron chi connectivity index (χ2n) is 6.30. The first-order valence-corrected chi connectivity index (χ1v) is 11.4. The summed E-state index contributed by atoms with van der Waals surface area (Å²) in [5.41, 5.74) is 0. The van der Waals surface area contributed by atoms with E-state index in [0.29, 0.717) is 0 Å². The number of unbranched alkanes of at least 4 members (excludes halogenated alkanes) is 6. The summed E-state index contributed by atoms with van der Waals surface area (Å²) in [7, 11) is -1.14. The van der Waals surface area contributed by atoms with Crippen LogP contribution in [0.3, 0.4) is 0 Å². The molecule has 0 nitrogen and oxygen atoms in total. The largest absolute Gasteiger partial charge is 0.0853 e. The van der Waals surface area contributed by atoms with E-state index >= 15 is 0 Å². The van der Waals surface area contributed by atoms with Gasteiger partial charge in [-0.2, -0.15) is 0 Å². The summed E-state index contributed by atoms with van der Waals surface area (Å²) >= 11 is 0. The molecule has 0 aliphatic rings. The molecule has 106 valence electrons. The van der Waals surface area contributed by atoms with Crippen molar-refractivity contribution in [2.75, 3.05) is 0 Å². The molecule has 0 amide bonds. The zero-order valence-corrected chi connectivity index (χ0v) is 14.4. The Labute approximate surface area is 117 Å². The molecule has 0 aromatic carbocycles. The fourth-order valence-electron chi connectivity index (χ4n) is 1.99. The molecule has 0 heterocycles. The highest BCUT2D eigenvalue weighted by Crippen LogP contribution is 2.18. The van der Waals surface area contributed by atoms with Gasteiger partial charge in [-0.25, -0.2) is 0 Å². The summed E-state index contributed by atoms with van der Waals surface area (Å²) in [6, 6.07) is 0. The van der Waals surface area contributed by atoms with Crippen LogP contribution in [-0.2, 0) is 0 Å². The van der Waals surface area contributed by atoms with Crippen molar-refractivity contribution in [2.24, 2.45) is 0 Å². The van der Waals surface area contributed by atoms with E-state index in [2.05, 4.69) is 51.7 Å². The summed E-state index contributed by atoms with van der Waals surface area (Å²) in [5.74, 6) is 0. The van der Waals surface area contributed by atoms with Crippen LogP contribution in [0.5, 0.6) is 0 Å². The minimum atomic E-state index is -1.14. The molecule has 0 atom stereocenters. The van der Waals surface area contributed by atoms with Gasteiger partial charge in [-0.1, -0.05) is 89.0 Å². The van der Waals surface area contributed by atoms with Crippen LogP contribution < -0.4 is 0 Å². The Balaban J connectivity index is 4.16. The van der Waals surface area contributed by atoms with Crippen LogP contribution >= 0.6 is 0 Å². The molecule has 0 fully saturated rings. The first kappa shape index (κ1) is 17.7. The van der Waals surface area contributed by atoms with Gasteiger partial charge < -0.3 is 0 Å². The first-order valence-electron chi connectivity index (χ1n) is 7.89. The number of hydrogen-bond donors (Lipinski definition) is 0. The normalized spacial score (nSPS) is 13.5. The maximum Gasteiger partial charge on any atom is 0.0771 e. The lowest BCUT2D eigenvalue weighted by molar-refractivity contribution is 0.674. The van der Waals surface area contributed by atoms with Gasteiger partial charge in [0.25, 0.3) is 0 Å². The Hall–Kier alpha value is -0.303. The lowest BCUT2D eigenvalue weighted by Crippen LogP contribution is -2.22. The fraction of sp³-hybridized carbons (Fsp3) is 0.765. The molecule has 0 aliphatic carbocycles. The third-order valence-corrected chi connectivity index (χ3v) is 5.41. The highest BCUT2D eigenvalue weighted by molar-refractivity contribution is 6.83. The van der Waals surface area contributed by atoms with Crippen LogP contribution in [0.25, 0.3) is 0 Å². The van der Waals surface area contributed by atoms with Gasteiger partial charge in [-0.05, 0) is 19.3 Å². The van der Waals surface area contributed by atoms with Crippen LogP contribution in [-0.4, -0.2) is 8.07 Å². The molecule has 0 radical (unpaired) electrons. The zero-order chi connectivity index (χ0) is 13.9. The molecule has 0 saturated carbocycles. The van der Waals surface area contributed by atoms with Crippen molar-refractivity contribution in [1.29, 1.82) is 0 Å². The van der Waals surface area contributed by atoms with Gasteiger partial charge in [0.05, 0.1) is 8.07 Å². The Bertz CT molecular complexity index is 243. The Morgan fingerprint density at radius 2 is 1.50 bits per heavy atom. The fourth-order valence-corrected chi connectivity index (χ4v) is 3.36. The smallest absolute Gasteiger partial charge is 0.0771 e. The molecule has 18 heavy (non-hydrogen) atoms. The molecule has 0 aliphatic heterocycles. The minimum Gasteiger partial charge on any atom is -0.0853 e. The van der Waals surface area contributed by atoms with Crippen LogP contribution in [0.4, 0.5) is 0 Å². The molecule has 0 rings (SSSR count). The van der Waals surface area contributed by atoms with Gasteiger partial charge >= 0.3 is 0 Å². The quantitative estimate of drug-likeness (QED) is 0.240. The van der Waals surface area contributed by atoms with E-state index in [9.17, 15) is 0 Å². The predicted octanol–water partition coefficient (Wildman–Crippen LogP) is 6.51. The van der Waals surface area contributed by atoms with Crippen molar-refractivity contribution >= 4 is 8.07 Å². The number of allylic oxidation sites excluding steroid dienone is 4. The van der Waals surface area contributed by atoms with Crippen LogP contribution in [0, 0.1) is 0 Å². The first-order chi connectivity index (χ1) is 8.52. The molecule has 0 aromatic heterocycles. The predicted molar refractivity (Wildman–Crippen MR) is 88.9 cm³/mol. The molecule has 1 heteroatoms.